The third-order valence-corrected chi connectivity index (χ3v) is 10.0. The first-order chi connectivity index (χ1) is 18.0. The van der Waals surface area contributed by atoms with Crippen molar-refractivity contribution in [1.82, 2.24) is 10.3 Å². The molecule has 1 aromatic heterocycles. The molecule has 200 valence electrons. The molecule has 5 rings (SSSR count). The van der Waals surface area contributed by atoms with E-state index in [9.17, 15) is 14.4 Å². The van der Waals surface area contributed by atoms with E-state index in [1.165, 1.54) is 17.7 Å². The molecule has 38 heavy (non-hydrogen) atoms. The molecule has 6 heteroatoms. The maximum absolute atomic E-state index is 13.2. The van der Waals surface area contributed by atoms with E-state index in [-0.39, 0.29) is 28.1 Å². The fourth-order valence-corrected chi connectivity index (χ4v) is 7.31. The van der Waals surface area contributed by atoms with E-state index in [0.717, 1.165) is 42.1 Å². The van der Waals surface area contributed by atoms with Crippen LogP contribution in [0, 0.1) is 22.7 Å². The molecular formula is C32H39N3O3. The first-order valence-electron chi connectivity index (χ1n) is 13.8. The molecule has 0 unspecified atom stereocenters. The monoisotopic (exact) mass is 513 g/mol. The maximum Gasteiger partial charge on any atom is 0.241 e. The van der Waals surface area contributed by atoms with Crippen LogP contribution in [0.5, 0.6) is 0 Å². The zero-order valence-corrected chi connectivity index (χ0v) is 22.9. The molecule has 0 aliphatic heterocycles. The largest absolute Gasteiger partial charge is 0.361 e. The molecule has 0 bridgehead atoms. The highest BCUT2D eigenvalue weighted by molar-refractivity contribution is 6.20. The van der Waals surface area contributed by atoms with E-state index < -0.39 is 11.9 Å². The van der Waals surface area contributed by atoms with Crippen molar-refractivity contribution in [2.24, 2.45) is 28.4 Å². The Bertz CT molecular complexity index is 1400. The summed E-state index contributed by atoms with van der Waals surface area (Å²) in [5.74, 6) is -0.119. The number of carbonyl (C=O) groups is 3. The standard InChI is InChI=1S/C32H39N3O3/c1-19-8-7-11-29-31(19,3)13-12-20(2)32(29,4)17-21-15-28(37)26(16-27(21)36)35-30(38)24(33)14-22-18-34-25-10-6-5-9-23(22)25/h5-6,8-10,15-16,18,20,24,29,34H,7,11-14,17,33H2,1-4H3,(H,35,38)/t20-,24-,29+,31+,32+/m0/s1. The second kappa shape index (κ2) is 9.81. The summed E-state index contributed by atoms with van der Waals surface area (Å²) in [6.07, 6.45) is 12.3. The molecule has 1 fully saturated rings. The molecule has 3 aliphatic carbocycles. The van der Waals surface area contributed by atoms with Crippen molar-refractivity contribution < 1.29 is 14.4 Å². The number of aromatic nitrogens is 1. The number of nitrogens with one attached hydrogen (secondary N) is 2. The van der Waals surface area contributed by atoms with Crippen molar-refractivity contribution in [3.05, 3.63) is 71.1 Å². The quantitative estimate of drug-likeness (QED) is 0.360. The number of hydrogen-bond donors (Lipinski definition) is 3. The van der Waals surface area contributed by atoms with Crippen LogP contribution in [-0.4, -0.2) is 28.5 Å². The SMILES string of the molecule is CC1=CCC[C@H]2[C@](C)(CC3=CC(=O)C(NC(=O)[C@@H](N)Cc4c[nH]c5ccccc45)=CC3=O)[C@@H](C)CC[C@]12C. The van der Waals surface area contributed by atoms with Crippen LogP contribution in [-0.2, 0) is 20.8 Å². The smallest absolute Gasteiger partial charge is 0.241 e. The van der Waals surface area contributed by atoms with Crippen LogP contribution in [0.15, 0.2) is 65.5 Å². The third kappa shape index (κ3) is 4.49. The number of ketones is 2. The van der Waals surface area contributed by atoms with Crippen LogP contribution in [0.2, 0.25) is 0 Å². The topological polar surface area (TPSA) is 105 Å². The molecule has 4 N–H and O–H groups in total. The highest BCUT2D eigenvalue weighted by atomic mass is 16.2. The van der Waals surface area contributed by atoms with Crippen LogP contribution >= 0.6 is 0 Å². The second-order valence-electron chi connectivity index (χ2n) is 12.2. The summed E-state index contributed by atoms with van der Waals surface area (Å²) in [5.41, 5.74) is 10.2. The number of nitrogens with two attached hydrogens (primary N) is 1. The fraction of sp³-hybridized carbons (Fsp3) is 0.469. The minimum atomic E-state index is -0.856. The van der Waals surface area contributed by atoms with Gasteiger partial charge in [0.15, 0.2) is 5.78 Å². The van der Waals surface area contributed by atoms with Crippen molar-refractivity contribution in [2.75, 3.05) is 0 Å². The molecule has 2 aromatic rings. The van der Waals surface area contributed by atoms with Crippen molar-refractivity contribution >= 4 is 28.4 Å². The normalized spacial score (nSPS) is 30.3. The van der Waals surface area contributed by atoms with Crippen LogP contribution in [0.4, 0.5) is 0 Å². The van der Waals surface area contributed by atoms with Crippen molar-refractivity contribution in [3.63, 3.8) is 0 Å². The van der Waals surface area contributed by atoms with Gasteiger partial charge >= 0.3 is 0 Å². The van der Waals surface area contributed by atoms with Gasteiger partial charge in [-0.25, -0.2) is 0 Å². The summed E-state index contributed by atoms with van der Waals surface area (Å²) in [5, 5.41) is 3.63. The van der Waals surface area contributed by atoms with Crippen molar-refractivity contribution in [3.8, 4) is 0 Å². The van der Waals surface area contributed by atoms with E-state index >= 15 is 0 Å². The third-order valence-electron chi connectivity index (χ3n) is 10.0. The number of H-pyrrole nitrogens is 1. The van der Waals surface area contributed by atoms with Crippen LogP contribution in [0.1, 0.15) is 65.4 Å². The Morgan fingerprint density at radius 1 is 1.16 bits per heavy atom. The average Bonchev–Trinajstić information content (AvgIpc) is 3.29. The van der Waals surface area contributed by atoms with Gasteiger partial charge in [-0.05, 0) is 85.8 Å². The number of aromatic amines is 1. The van der Waals surface area contributed by atoms with Gasteiger partial charge in [0.25, 0.3) is 0 Å². The molecule has 0 saturated heterocycles. The molecule has 3 aliphatic rings. The lowest BCUT2D eigenvalue weighted by atomic mass is 9.46. The van der Waals surface area contributed by atoms with Gasteiger partial charge in [0, 0.05) is 28.7 Å². The van der Waals surface area contributed by atoms with Crippen molar-refractivity contribution in [1.29, 1.82) is 0 Å². The Morgan fingerprint density at radius 3 is 2.71 bits per heavy atom. The number of rotatable bonds is 6. The average molecular weight is 514 g/mol. The summed E-state index contributed by atoms with van der Waals surface area (Å²) in [6.45, 7) is 9.22. The van der Waals surface area contributed by atoms with Gasteiger partial charge in [0.2, 0.25) is 11.7 Å². The number of hydrogen-bond acceptors (Lipinski definition) is 4. The van der Waals surface area contributed by atoms with Gasteiger partial charge in [-0.15, -0.1) is 0 Å². The number of para-hydroxylation sites is 1. The summed E-state index contributed by atoms with van der Waals surface area (Å²) >= 11 is 0. The number of fused-ring (bicyclic) bond motifs is 2. The van der Waals surface area contributed by atoms with E-state index in [1.807, 2.05) is 30.5 Å². The predicted molar refractivity (Wildman–Crippen MR) is 150 cm³/mol. The molecule has 1 heterocycles. The first kappa shape index (κ1) is 26.4. The van der Waals surface area contributed by atoms with Crippen LogP contribution in [0.25, 0.3) is 10.9 Å². The molecule has 6 nitrogen and oxygen atoms in total. The second-order valence-corrected chi connectivity index (χ2v) is 12.2. The highest BCUT2D eigenvalue weighted by Crippen LogP contribution is 2.62. The molecule has 0 radical (unpaired) electrons. The number of carbonyl (C=O) groups excluding carboxylic acids is 3. The summed E-state index contributed by atoms with van der Waals surface area (Å²) < 4.78 is 0. The minimum absolute atomic E-state index is 0.00116. The Morgan fingerprint density at radius 2 is 1.92 bits per heavy atom. The van der Waals surface area contributed by atoms with E-state index in [1.54, 1.807) is 0 Å². The number of amides is 1. The zero-order valence-electron chi connectivity index (χ0n) is 22.9. The molecule has 5 atom stereocenters. The van der Waals surface area contributed by atoms with E-state index in [4.69, 9.17) is 5.73 Å². The predicted octanol–water partition coefficient (Wildman–Crippen LogP) is 5.30. The number of allylic oxidation sites excluding steroid dienone is 5. The first-order valence-corrected chi connectivity index (χ1v) is 13.8. The fourth-order valence-electron chi connectivity index (χ4n) is 7.31. The molecule has 1 aromatic carbocycles. The van der Waals surface area contributed by atoms with Gasteiger partial charge < -0.3 is 16.0 Å². The molecule has 1 amide bonds. The molecular weight excluding hydrogens is 474 g/mol. The van der Waals surface area contributed by atoms with Gasteiger partial charge in [-0.1, -0.05) is 50.6 Å². The Hall–Kier alpha value is -3.25. The zero-order chi connectivity index (χ0) is 27.2. The lowest BCUT2D eigenvalue weighted by Gasteiger charge is -2.58. The van der Waals surface area contributed by atoms with E-state index in [2.05, 4.69) is 44.1 Å². The highest BCUT2D eigenvalue weighted by Gasteiger charge is 2.53. The Balaban J connectivity index is 1.28. The van der Waals surface area contributed by atoms with Gasteiger partial charge in [-0.2, -0.15) is 0 Å². The summed E-state index contributed by atoms with van der Waals surface area (Å²) in [6, 6.07) is 6.97. The van der Waals surface area contributed by atoms with Gasteiger partial charge in [-0.3, -0.25) is 14.4 Å². The Kier molecular flexibility index (Phi) is 6.80. The molecule has 0 spiro atoms. The van der Waals surface area contributed by atoms with Crippen LogP contribution < -0.4 is 11.1 Å². The van der Waals surface area contributed by atoms with Gasteiger partial charge in [0.05, 0.1) is 11.7 Å². The Labute approximate surface area is 224 Å². The van der Waals surface area contributed by atoms with E-state index in [0.29, 0.717) is 30.3 Å². The van der Waals surface area contributed by atoms with Gasteiger partial charge in [0.1, 0.15) is 0 Å². The minimum Gasteiger partial charge on any atom is -0.361 e. The van der Waals surface area contributed by atoms with Crippen LogP contribution in [0.3, 0.4) is 0 Å². The maximum atomic E-state index is 13.2. The summed E-state index contributed by atoms with van der Waals surface area (Å²) in [4.78, 5) is 42.3. The molecule has 1 saturated carbocycles. The number of benzene rings is 1. The summed E-state index contributed by atoms with van der Waals surface area (Å²) in [7, 11) is 0. The lowest BCUT2D eigenvalue weighted by Crippen LogP contribution is -2.50. The van der Waals surface area contributed by atoms with Crippen molar-refractivity contribution in [2.45, 2.75) is 72.3 Å². The lowest BCUT2D eigenvalue weighted by molar-refractivity contribution is -0.123.